The van der Waals surface area contributed by atoms with Gasteiger partial charge in [-0.15, -0.1) is 0 Å². The average Bonchev–Trinajstić information content (AvgIpc) is 3.20. The number of carbonyl (C=O) groups excluding carboxylic acids is 2. The Morgan fingerprint density at radius 1 is 1.04 bits per heavy atom. The first-order valence-electron chi connectivity index (χ1n) is 9.12. The first-order chi connectivity index (χ1) is 13.3. The Morgan fingerprint density at radius 2 is 1.82 bits per heavy atom. The third kappa shape index (κ3) is 4.65. The molecular weight excluding hydrogens is 352 g/mol. The summed E-state index contributed by atoms with van der Waals surface area (Å²) in [5.41, 5.74) is 2.46. The van der Waals surface area contributed by atoms with Gasteiger partial charge in [0.1, 0.15) is 0 Å². The molecule has 0 aliphatic rings. The molecule has 3 aromatic rings. The zero-order chi connectivity index (χ0) is 20.1. The highest BCUT2D eigenvalue weighted by Gasteiger charge is 2.21. The normalized spacial score (nSPS) is 11.1. The molecule has 1 aromatic heterocycles. The summed E-state index contributed by atoms with van der Waals surface area (Å²) in [6.07, 6.45) is 3.58. The molecule has 0 saturated heterocycles. The average molecular weight is 376 g/mol. The second-order valence-corrected chi connectivity index (χ2v) is 7.55. The van der Waals surface area contributed by atoms with E-state index < -0.39 is 5.41 Å². The van der Waals surface area contributed by atoms with E-state index >= 15 is 0 Å². The van der Waals surface area contributed by atoms with Gasteiger partial charge in [0.05, 0.1) is 5.69 Å². The molecule has 6 heteroatoms. The van der Waals surface area contributed by atoms with Gasteiger partial charge in [-0.25, -0.2) is 4.68 Å². The number of amides is 2. The van der Waals surface area contributed by atoms with Gasteiger partial charge in [0.2, 0.25) is 5.91 Å². The van der Waals surface area contributed by atoms with Gasteiger partial charge < -0.3 is 10.6 Å². The van der Waals surface area contributed by atoms with Crippen LogP contribution in [0, 0.1) is 5.41 Å². The lowest BCUT2D eigenvalue weighted by Gasteiger charge is -2.18. The molecule has 0 aliphatic heterocycles. The summed E-state index contributed by atoms with van der Waals surface area (Å²) < 4.78 is 1.77. The minimum Gasteiger partial charge on any atom is -0.348 e. The molecule has 0 radical (unpaired) electrons. The SMILES string of the molecule is CC(C)(C)C(=O)Nc1cccc(C(=O)NCc2ccccc2-n2cccn2)c1. The Balaban J connectivity index is 1.70. The highest BCUT2D eigenvalue weighted by Crippen LogP contribution is 2.18. The largest absolute Gasteiger partial charge is 0.348 e. The van der Waals surface area contributed by atoms with E-state index in [1.165, 1.54) is 0 Å². The second kappa shape index (κ2) is 8.08. The van der Waals surface area contributed by atoms with Crippen LogP contribution in [-0.2, 0) is 11.3 Å². The van der Waals surface area contributed by atoms with Crippen LogP contribution in [0.2, 0.25) is 0 Å². The van der Waals surface area contributed by atoms with Gasteiger partial charge in [-0.3, -0.25) is 9.59 Å². The lowest BCUT2D eigenvalue weighted by atomic mass is 9.95. The number of hydrogen-bond acceptors (Lipinski definition) is 3. The lowest BCUT2D eigenvalue weighted by Crippen LogP contribution is -2.28. The summed E-state index contributed by atoms with van der Waals surface area (Å²) >= 11 is 0. The highest BCUT2D eigenvalue weighted by atomic mass is 16.2. The Kier molecular flexibility index (Phi) is 5.59. The Morgan fingerprint density at radius 3 is 2.54 bits per heavy atom. The first-order valence-corrected chi connectivity index (χ1v) is 9.12. The van der Waals surface area contributed by atoms with Crippen LogP contribution in [0.15, 0.2) is 67.0 Å². The van der Waals surface area contributed by atoms with E-state index in [0.29, 0.717) is 17.8 Å². The molecule has 0 aliphatic carbocycles. The van der Waals surface area contributed by atoms with Crippen molar-refractivity contribution in [2.24, 2.45) is 5.41 Å². The number of aromatic nitrogens is 2. The summed E-state index contributed by atoms with van der Waals surface area (Å²) in [6, 6.07) is 16.6. The van der Waals surface area contributed by atoms with Crippen molar-refractivity contribution < 1.29 is 9.59 Å². The Hall–Kier alpha value is -3.41. The molecule has 2 aromatic carbocycles. The molecular formula is C22H24N4O2. The third-order valence-electron chi connectivity index (χ3n) is 4.25. The lowest BCUT2D eigenvalue weighted by molar-refractivity contribution is -0.123. The van der Waals surface area contributed by atoms with Gasteiger partial charge in [0.15, 0.2) is 0 Å². The fraction of sp³-hybridized carbons (Fsp3) is 0.227. The fourth-order valence-electron chi connectivity index (χ4n) is 2.63. The van der Waals surface area contributed by atoms with E-state index in [1.807, 2.05) is 57.3 Å². The smallest absolute Gasteiger partial charge is 0.251 e. The number of carbonyl (C=O) groups is 2. The van der Waals surface area contributed by atoms with Gasteiger partial charge in [-0.05, 0) is 35.9 Å². The van der Waals surface area contributed by atoms with Crippen LogP contribution in [0.5, 0.6) is 0 Å². The van der Waals surface area contributed by atoms with E-state index in [-0.39, 0.29) is 11.8 Å². The predicted molar refractivity (Wildman–Crippen MR) is 109 cm³/mol. The number of rotatable bonds is 5. The van der Waals surface area contributed by atoms with Crippen molar-refractivity contribution >= 4 is 17.5 Å². The van der Waals surface area contributed by atoms with Crippen LogP contribution >= 0.6 is 0 Å². The number of nitrogens with one attached hydrogen (secondary N) is 2. The molecule has 0 atom stereocenters. The van der Waals surface area contributed by atoms with Gasteiger partial charge in [-0.2, -0.15) is 5.10 Å². The molecule has 2 amide bonds. The van der Waals surface area contributed by atoms with Crippen molar-refractivity contribution in [3.8, 4) is 5.69 Å². The number of nitrogens with zero attached hydrogens (tertiary/aromatic N) is 2. The maximum atomic E-state index is 12.6. The van der Waals surface area contributed by atoms with Crippen molar-refractivity contribution in [2.45, 2.75) is 27.3 Å². The van der Waals surface area contributed by atoms with Crippen molar-refractivity contribution in [1.29, 1.82) is 0 Å². The molecule has 0 saturated carbocycles. The predicted octanol–water partition coefficient (Wildman–Crippen LogP) is 3.79. The van der Waals surface area contributed by atoms with Crippen LogP contribution in [0.1, 0.15) is 36.7 Å². The first kappa shape index (κ1) is 19.4. The summed E-state index contributed by atoms with van der Waals surface area (Å²) in [6.45, 7) is 5.90. The topological polar surface area (TPSA) is 76.0 Å². The standard InChI is InChI=1S/C22H24N4O2/c1-22(2,3)21(28)25-18-10-6-9-16(14-18)20(27)23-15-17-8-4-5-11-19(17)26-13-7-12-24-26/h4-14H,15H2,1-3H3,(H,23,27)(H,25,28). The summed E-state index contributed by atoms with van der Waals surface area (Å²) in [5, 5.41) is 10.0. The van der Waals surface area contributed by atoms with Crippen LogP contribution in [-0.4, -0.2) is 21.6 Å². The zero-order valence-corrected chi connectivity index (χ0v) is 16.3. The van der Waals surface area contributed by atoms with Gasteiger partial charge >= 0.3 is 0 Å². The number of hydrogen-bond donors (Lipinski definition) is 2. The van der Waals surface area contributed by atoms with Gasteiger partial charge in [0.25, 0.3) is 5.91 Å². The zero-order valence-electron chi connectivity index (χ0n) is 16.3. The summed E-state index contributed by atoms with van der Waals surface area (Å²) in [7, 11) is 0. The number of para-hydroxylation sites is 1. The molecule has 0 bridgehead atoms. The molecule has 1 heterocycles. The number of benzene rings is 2. The van der Waals surface area contributed by atoms with Crippen LogP contribution in [0.3, 0.4) is 0 Å². The molecule has 0 unspecified atom stereocenters. The van der Waals surface area contributed by atoms with Crippen molar-refractivity contribution in [3.63, 3.8) is 0 Å². The second-order valence-electron chi connectivity index (χ2n) is 7.55. The fourth-order valence-corrected chi connectivity index (χ4v) is 2.63. The molecule has 28 heavy (non-hydrogen) atoms. The minimum absolute atomic E-state index is 0.0989. The quantitative estimate of drug-likeness (QED) is 0.711. The molecule has 6 nitrogen and oxygen atoms in total. The van der Waals surface area contributed by atoms with E-state index in [1.54, 1.807) is 35.1 Å². The maximum absolute atomic E-state index is 12.6. The van der Waals surface area contributed by atoms with Crippen molar-refractivity contribution in [3.05, 3.63) is 78.1 Å². The third-order valence-corrected chi connectivity index (χ3v) is 4.25. The van der Waals surface area contributed by atoms with Crippen LogP contribution in [0.25, 0.3) is 5.69 Å². The molecule has 0 fully saturated rings. The van der Waals surface area contributed by atoms with Crippen molar-refractivity contribution in [2.75, 3.05) is 5.32 Å². The van der Waals surface area contributed by atoms with E-state index in [2.05, 4.69) is 15.7 Å². The van der Waals surface area contributed by atoms with E-state index in [4.69, 9.17) is 0 Å². The Bertz CT molecular complexity index is 972. The summed E-state index contributed by atoms with van der Waals surface area (Å²) in [5.74, 6) is -0.305. The molecule has 144 valence electrons. The van der Waals surface area contributed by atoms with Crippen LogP contribution in [0.4, 0.5) is 5.69 Å². The minimum atomic E-state index is -0.505. The van der Waals surface area contributed by atoms with Crippen LogP contribution < -0.4 is 10.6 Å². The maximum Gasteiger partial charge on any atom is 0.251 e. The molecule has 3 rings (SSSR count). The highest BCUT2D eigenvalue weighted by molar-refractivity contribution is 5.98. The van der Waals surface area contributed by atoms with Gasteiger partial charge in [0, 0.05) is 35.6 Å². The molecule has 2 N–H and O–H groups in total. The van der Waals surface area contributed by atoms with Gasteiger partial charge in [-0.1, -0.05) is 45.0 Å². The number of anilines is 1. The monoisotopic (exact) mass is 376 g/mol. The summed E-state index contributed by atoms with van der Waals surface area (Å²) in [4.78, 5) is 24.8. The van der Waals surface area contributed by atoms with E-state index in [9.17, 15) is 9.59 Å². The Labute approximate surface area is 164 Å². The van der Waals surface area contributed by atoms with Crippen molar-refractivity contribution in [1.82, 2.24) is 15.1 Å². The molecule has 0 spiro atoms. The van der Waals surface area contributed by atoms with E-state index in [0.717, 1.165) is 11.3 Å².